The first kappa shape index (κ1) is 17.0. The summed E-state index contributed by atoms with van der Waals surface area (Å²) >= 11 is 0. The molecule has 0 fully saturated rings. The molecule has 2 aromatic carbocycles. The summed E-state index contributed by atoms with van der Waals surface area (Å²) in [6.45, 7) is -0.568. The molecule has 130 valence electrons. The largest absolute Gasteiger partial charge is 0.497 e. The second kappa shape index (κ2) is 6.56. The Kier molecular flexibility index (Phi) is 4.45. The summed E-state index contributed by atoms with van der Waals surface area (Å²) < 4.78 is 30.3. The number of anilines is 1. The number of carbonyl (C=O) groups excluding carboxylic acids is 2. The highest BCUT2D eigenvalue weighted by Crippen LogP contribution is 2.24. The van der Waals surface area contributed by atoms with E-state index in [2.05, 4.69) is 5.32 Å². The molecule has 0 bridgehead atoms. The van der Waals surface area contributed by atoms with Crippen molar-refractivity contribution in [3.8, 4) is 5.75 Å². The zero-order chi connectivity index (χ0) is 18.0. The normalized spacial score (nSPS) is 15.4. The molecule has 0 aliphatic carbocycles. The number of ether oxygens (including phenoxy) is 1. The van der Waals surface area contributed by atoms with E-state index in [1.54, 1.807) is 48.5 Å². The summed E-state index contributed by atoms with van der Waals surface area (Å²) in [5.41, 5.74) is 1.22. The van der Waals surface area contributed by atoms with Gasteiger partial charge in [-0.05, 0) is 35.9 Å². The highest BCUT2D eigenvalue weighted by Gasteiger charge is 2.36. The first-order chi connectivity index (χ1) is 11.9. The van der Waals surface area contributed by atoms with Gasteiger partial charge in [0.2, 0.25) is 15.9 Å². The third-order valence-electron chi connectivity index (χ3n) is 3.81. The monoisotopic (exact) mass is 360 g/mol. The number of amides is 2. The molecule has 1 aliphatic rings. The van der Waals surface area contributed by atoms with Crippen molar-refractivity contribution in [2.45, 2.75) is 5.75 Å². The van der Waals surface area contributed by atoms with E-state index in [4.69, 9.17) is 4.74 Å². The standard InChI is InChI=1S/C17H16N2O5S/c1-24-14-8-6-13(7-9-14)18-16(20)10-19-17(21)15-5-3-2-4-12(15)11-25(19,22)23/h2-9H,10-11H2,1H3,(H,18,20). The molecule has 0 spiro atoms. The van der Waals surface area contributed by atoms with Crippen LogP contribution < -0.4 is 10.1 Å². The zero-order valence-electron chi connectivity index (χ0n) is 13.4. The van der Waals surface area contributed by atoms with E-state index >= 15 is 0 Å². The van der Waals surface area contributed by atoms with Crippen molar-refractivity contribution in [2.75, 3.05) is 19.0 Å². The molecule has 1 aliphatic heterocycles. The van der Waals surface area contributed by atoms with E-state index in [1.165, 1.54) is 7.11 Å². The van der Waals surface area contributed by atoms with Crippen LogP contribution in [-0.2, 0) is 20.6 Å². The maximum absolute atomic E-state index is 12.5. The van der Waals surface area contributed by atoms with Crippen LogP contribution in [0.4, 0.5) is 5.69 Å². The van der Waals surface area contributed by atoms with Crippen LogP contribution in [0.1, 0.15) is 15.9 Å². The third kappa shape index (κ3) is 3.48. The number of methoxy groups -OCH3 is 1. The minimum Gasteiger partial charge on any atom is -0.497 e. The fourth-order valence-electron chi connectivity index (χ4n) is 2.57. The van der Waals surface area contributed by atoms with E-state index < -0.39 is 28.4 Å². The van der Waals surface area contributed by atoms with E-state index in [0.29, 0.717) is 26.9 Å². The number of benzene rings is 2. The molecular weight excluding hydrogens is 344 g/mol. The van der Waals surface area contributed by atoms with Crippen LogP contribution in [0.15, 0.2) is 48.5 Å². The predicted octanol–water partition coefficient (Wildman–Crippen LogP) is 1.62. The van der Waals surface area contributed by atoms with Crippen LogP contribution in [0, 0.1) is 0 Å². The Balaban J connectivity index is 1.77. The third-order valence-corrected chi connectivity index (χ3v) is 5.45. The Bertz CT molecular complexity index is 922. The maximum atomic E-state index is 12.5. The Morgan fingerprint density at radius 1 is 1.16 bits per heavy atom. The van der Waals surface area contributed by atoms with Gasteiger partial charge < -0.3 is 10.1 Å². The molecule has 3 rings (SSSR count). The van der Waals surface area contributed by atoms with Gasteiger partial charge in [0.1, 0.15) is 12.3 Å². The number of sulfonamides is 1. The van der Waals surface area contributed by atoms with Crippen molar-refractivity contribution in [3.63, 3.8) is 0 Å². The van der Waals surface area contributed by atoms with Gasteiger partial charge in [-0.15, -0.1) is 0 Å². The fraction of sp³-hybridized carbons (Fsp3) is 0.176. The lowest BCUT2D eigenvalue weighted by molar-refractivity contribution is -0.116. The van der Waals surface area contributed by atoms with Crippen LogP contribution >= 0.6 is 0 Å². The average Bonchev–Trinajstić information content (AvgIpc) is 2.59. The lowest BCUT2D eigenvalue weighted by Gasteiger charge is -2.27. The second-order valence-electron chi connectivity index (χ2n) is 5.50. The number of rotatable bonds is 4. The summed E-state index contributed by atoms with van der Waals surface area (Å²) in [5.74, 6) is -0.957. The van der Waals surface area contributed by atoms with Crippen molar-refractivity contribution >= 4 is 27.5 Å². The number of fused-ring (bicyclic) bond motifs is 1. The van der Waals surface area contributed by atoms with Crippen molar-refractivity contribution in [1.82, 2.24) is 4.31 Å². The van der Waals surface area contributed by atoms with Gasteiger partial charge in [0.25, 0.3) is 5.91 Å². The average molecular weight is 360 g/mol. The van der Waals surface area contributed by atoms with Gasteiger partial charge >= 0.3 is 0 Å². The molecule has 0 atom stereocenters. The van der Waals surface area contributed by atoms with Crippen molar-refractivity contribution in [2.24, 2.45) is 0 Å². The predicted molar refractivity (Wildman–Crippen MR) is 91.7 cm³/mol. The van der Waals surface area contributed by atoms with Gasteiger partial charge in [-0.25, -0.2) is 12.7 Å². The molecule has 2 amide bonds. The van der Waals surface area contributed by atoms with E-state index in [-0.39, 0.29) is 5.75 Å². The van der Waals surface area contributed by atoms with Gasteiger partial charge in [-0.1, -0.05) is 18.2 Å². The van der Waals surface area contributed by atoms with Crippen molar-refractivity contribution < 1.29 is 22.7 Å². The maximum Gasteiger partial charge on any atom is 0.268 e. The van der Waals surface area contributed by atoms with E-state index in [1.807, 2.05) is 0 Å². The Morgan fingerprint density at radius 2 is 1.84 bits per heavy atom. The quantitative estimate of drug-likeness (QED) is 0.894. The molecule has 8 heteroatoms. The van der Waals surface area contributed by atoms with Crippen LogP contribution in [0.25, 0.3) is 0 Å². The summed E-state index contributed by atoms with van der Waals surface area (Å²) in [6.07, 6.45) is 0. The first-order valence-corrected chi connectivity index (χ1v) is 9.08. The highest BCUT2D eigenvalue weighted by molar-refractivity contribution is 7.89. The topological polar surface area (TPSA) is 92.8 Å². The van der Waals surface area contributed by atoms with Crippen LogP contribution in [0.2, 0.25) is 0 Å². The lowest BCUT2D eigenvalue weighted by Crippen LogP contribution is -2.45. The highest BCUT2D eigenvalue weighted by atomic mass is 32.2. The molecular formula is C17H16N2O5S. The van der Waals surface area contributed by atoms with Gasteiger partial charge in [0.05, 0.1) is 12.9 Å². The number of nitrogens with zero attached hydrogens (tertiary/aromatic N) is 1. The number of carbonyl (C=O) groups is 2. The van der Waals surface area contributed by atoms with Crippen LogP contribution in [0.3, 0.4) is 0 Å². The van der Waals surface area contributed by atoms with Gasteiger partial charge in [0.15, 0.2) is 0 Å². The molecule has 0 unspecified atom stereocenters. The fourth-order valence-corrected chi connectivity index (χ4v) is 4.03. The van der Waals surface area contributed by atoms with Crippen LogP contribution in [-0.4, -0.2) is 38.2 Å². The van der Waals surface area contributed by atoms with Crippen molar-refractivity contribution in [3.05, 3.63) is 59.7 Å². The van der Waals surface area contributed by atoms with Gasteiger partial charge in [0, 0.05) is 11.3 Å². The Hall–Kier alpha value is -2.87. The SMILES string of the molecule is COc1ccc(NC(=O)CN2C(=O)c3ccccc3CS2(=O)=O)cc1. The Morgan fingerprint density at radius 3 is 2.52 bits per heavy atom. The minimum atomic E-state index is -3.88. The van der Waals surface area contributed by atoms with Crippen molar-refractivity contribution in [1.29, 1.82) is 0 Å². The molecule has 25 heavy (non-hydrogen) atoms. The van der Waals surface area contributed by atoms with Gasteiger partial charge in [-0.2, -0.15) is 0 Å². The zero-order valence-corrected chi connectivity index (χ0v) is 14.2. The second-order valence-corrected chi connectivity index (χ2v) is 7.40. The smallest absolute Gasteiger partial charge is 0.268 e. The summed E-state index contributed by atoms with van der Waals surface area (Å²) in [6, 6.07) is 13.1. The number of nitrogens with one attached hydrogen (secondary N) is 1. The summed E-state index contributed by atoms with van der Waals surface area (Å²) in [4.78, 5) is 24.6. The molecule has 1 heterocycles. The van der Waals surface area contributed by atoms with Gasteiger partial charge in [-0.3, -0.25) is 9.59 Å². The summed E-state index contributed by atoms with van der Waals surface area (Å²) in [7, 11) is -2.36. The molecule has 0 saturated heterocycles. The molecule has 7 nitrogen and oxygen atoms in total. The van der Waals surface area contributed by atoms with E-state index in [9.17, 15) is 18.0 Å². The molecule has 1 N–H and O–H groups in total. The molecule has 2 aromatic rings. The first-order valence-electron chi connectivity index (χ1n) is 7.47. The van der Waals surface area contributed by atoms with Crippen LogP contribution in [0.5, 0.6) is 5.75 Å². The minimum absolute atomic E-state index is 0.301. The Labute approximate surface area is 145 Å². The number of hydrogen-bond acceptors (Lipinski definition) is 5. The molecule has 0 radical (unpaired) electrons. The molecule has 0 saturated carbocycles. The lowest BCUT2D eigenvalue weighted by atomic mass is 10.1. The summed E-state index contributed by atoms with van der Waals surface area (Å²) in [5, 5.41) is 2.57. The van der Waals surface area contributed by atoms with E-state index in [0.717, 1.165) is 0 Å². The molecule has 0 aromatic heterocycles. The number of hydrogen-bond donors (Lipinski definition) is 1.